The molecule has 0 bridgehead atoms. The zero-order valence-corrected chi connectivity index (χ0v) is 10.7. The molecule has 1 aromatic carbocycles. The second-order valence-electron chi connectivity index (χ2n) is 4.36. The van der Waals surface area contributed by atoms with E-state index in [0.29, 0.717) is 6.04 Å². The number of aliphatic hydroxyl groups is 1. The molecule has 2 atom stereocenters. The van der Waals surface area contributed by atoms with Crippen molar-refractivity contribution in [3.63, 3.8) is 0 Å². The SMILES string of the molecule is Cl.OC[C@@H](NC1CCCNC1)c1ccccc1. The molecule has 0 saturated carbocycles. The Hall–Kier alpha value is -0.610. The number of halogens is 1. The molecular weight excluding hydrogens is 236 g/mol. The first-order valence-corrected chi connectivity index (χ1v) is 6.02. The van der Waals surface area contributed by atoms with Crippen molar-refractivity contribution in [1.82, 2.24) is 10.6 Å². The summed E-state index contributed by atoms with van der Waals surface area (Å²) in [6.07, 6.45) is 2.40. The van der Waals surface area contributed by atoms with Crippen LogP contribution in [0.25, 0.3) is 0 Å². The lowest BCUT2D eigenvalue weighted by atomic mass is 10.0. The fraction of sp³-hybridized carbons (Fsp3) is 0.538. The molecule has 3 nitrogen and oxygen atoms in total. The summed E-state index contributed by atoms with van der Waals surface area (Å²) in [5.41, 5.74) is 1.16. The second-order valence-corrected chi connectivity index (χ2v) is 4.36. The van der Waals surface area contributed by atoms with Crippen LogP contribution in [0.1, 0.15) is 24.4 Å². The Morgan fingerprint density at radius 2 is 2.12 bits per heavy atom. The molecular formula is C13H21ClN2O. The highest BCUT2D eigenvalue weighted by molar-refractivity contribution is 5.85. The van der Waals surface area contributed by atoms with E-state index in [1.54, 1.807) is 0 Å². The molecule has 1 aliphatic rings. The quantitative estimate of drug-likeness (QED) is 0.765. The molecule has 1 unspecified atom stereocenters. The largest absolute Gasteiger partial charge is 0.394 e. The lowest BCUT2D eigenvalue weighted by molar-refractivity contribution is 0.223. The predicted molar refractivity (Wildman–Crippen MR) is 72.5 cm³/mol. The van der Waals surface area contributed by atoms with E-state index in [-0.39, 0.29) is 25.1 Å². The van der Waals surface area contributed by atoms with E-state index in [2.05, 4.69) is 22.8 Å². The van der Waals surface area contributed by atoms with Crippen molar-refractivity contribution in [3.8, 4) is 0 Å². The van der Waals surface area contributed by atoms with Gasteiger partial charge < -0.3 is 15.7 Å². The Bertz CT molecular complexity index is 302. The van der Waals surface area contributed by atoms with Crippen LogP contribution in [-0.4, -0.2) is 30.8 Å². The normalized spacial score (nSPS) is 21.6. The number of rotatable bonds is 4. The Labute approximate surface area is 109 Å². The molecule has 17 heavy (non-hydrogen) atoms. The minimum atomic E-state index is 0. The third kappa shape index (κ3) is 4.28. The van der Waals surface area contributed by atoms with E-state index < -0.39 is 0 Å². The van der Waals surface area contributed by atoms with Crippen molar-refractivity contribution >= 4 is 12.4 Å². The average Bonchev–Trinajstić information content (AvgIpc) is 2.38. The van der Waals surface area contributed by atoms with Crippen molar-refractivity contribution in [1.29, 1.82) is 0 Å². The molecule has 3 N–H and O–H groups in total. The van der Waals surface area contributed by atoms with E-state index in [1.807, 2.05) is 18.2 Å². The van der Waals surface area contributed by atoms with Gasteiger partial charge in [0.2, 0.25) is 0 Å². The van der Waals surface area contributed by atoms with Crippen LogP contribution in [0, 0.1) is 0 Å². The van der Waals surface area contributed by atoms with Gasteiger partial charge in [0.15, 0.2) is 0 Å². The smallest absolute Gasteiger partial charge is 0.0626 e. The fourth-order valence-corrected chi connectivity index (χ4v) is 2.22. The minimum absolute atomic E-state index is 0. The summed E-state index contributed by atoms with van der Waals surface area (Å²) in [4.78, 5) is 0. The highest BCUT2D eigenvalue weighted by Crippen LogP contribution is 2.14. The standard InChI is InChI=1S/C13H20N2O.ClH/c16-10-13(11-5-2-1-3-6-11)15-12-7-4-8-14-9-12;/h1-3,5-6,12-16H,4,7-10H2;1H/t12?,13-;/m1./s1. The van der Waals surface area contributed by atoms with Gasteiger partial charge in [-0.2, -0.15) is 0 Å². The first kappa shape index (κ1) is 14.5. The van der Waals surface area contributed by atoms with Crippen LogP contribution in [-0.2, 0) is 0 Å². The number of hydrogen-bond donors (Lipinski definition) is 3. The van der Waals surface area contributed by atoms with Crippen molar-refractivity contribution in [3.05, 3.63) is 35.9 Å². The van der Waals surface area contributed by atoms with Gasteiger partial charge in [0.05, 0.1) is 12.6 Å². The van der Waals surface area contributed by atoms with Crippen molar-refractivity contribution in [2.24, 2.45) is 0 Å². The van der Waals surface area contributed by atoms with Gasteiger partial charge in [-0.3, -0.25) is 0 Å². The van der Waals surface area contributed by atoms with Gasteiger partial charge in [-0.1, -0.05) is 30.3 Å². The number of aliphatic hydroxyl groups excluding tert-OH is 1. The topological polar surface area (TPSA) is 44.3 Å². The van der Waals surface area contributed by atoms with Gasteiger partial charge in [-0.15, -0.1) is 12.4 Å². The summed E-state index contributed by atoms with van der Waals surface area (Å²) < 4.78 is 0. The van der Waals surface area contributed by atoms with Gasteiger partial charge in [0.1, 0.15) is 0 Å². The molecule has 0 aromatic heterocycles. The zero-order chi connectivity index (χ0) is 11.2. The first-order valence-electron chi connectivity index (χ1n) is 6.02. The molecule has 1 aliphatic heterocycles. The average molecular weight is 257 g/mol. The van der Waals surface area contributed by atoms with Crippen LogP contribution in [0.2, 0.25) is 0 Å². The summed E-state index contributed by atoms with van der Waals surface area (Å²) in [6.45, 7) is 2.27. The van der Waals surface area contributed by atoms with E-state index in [1.165, 1.54) is 12.8 Å². The maximum absolute atomic E-state index is 9.43. The first-order chi connectivity index (χ1) is 7.90. The van der Waals surface area contributed by atoms with Crippen LogP contribution in [0.15, 0.2) is 30.3 Å². The molecule has 0 spiro atoms. The summed E-state index contributed by atoms with van der Waals surface area (Å²) in [7, 11) is 0. The number of nitrogens with one attached hydrogen (secondary N) is 2. The Morgan fingerprint density at radius 3 is 2.71 bits per heavy atom. The van der Waals surface area contributed by atoms with Crippen LogP contribution in [0.4, 0.5) is 0 Å². The molecule has 1 heterocycles. The molecule has 1 fully saturated rings. The molecule has 2 rings (SSSR count). The lowest BCUT2D eigenvalue weighted by Crippen LogP contribution is -2.45. The lowest BCUT2D eigenvalue weighted by Gasteiger charge is -2.28. The summed E-state index contributed by atoms with van der Waals surface area (Å²) in [5, 5.41) is 16.3. The van der Waals surface area contributed by atoms with E-state index in [0.717, 1.165) is 18.7 Å². The highest BCUT2D eigenvalue weighted by Gasteiger charge is 2.17. The maximum atomic E-state index is 9.43. The summed E-state index contributed by atoms with van der Waals surface area (Å²) in [6, 6.07) is 10.7. The van der Waals surface area contributed by atoms with E-state index in [9.17, 15) is 5.11 Å². The monoisotopic (exact) mass is 256 g/mol. The van der Waals surface area contributed by atoms with Crippen LogP contribution < -0.4 is 10.6 Å². The zero-order valence-electron chi connectivity index (χ0n) is 9.93. The van der Waals surface area contributed by atoms with Crippen LogP contribution in [0.3, 0.4) is 0 Å². The van der Waals surface area contributed by atoms with Gasteiger partial charge in [0.25, 0.3) is 0 Å². The van der Waals surface area contributed by atoms with E-state index in [4.69, 9.17) is 0 Å². The Balaban J connectivity index is 0.00000144. The van der Waals surface area contributed by atoms with Gasteiger partial charge in [-0.05, 0) is 24.9 Å². The Kier molecular flexibility index (Phi) is 6.52. The van der Waals surface area contributed by atoms with Crippen LogP contribution >= 0.6 is 12.4 Å². The summed E-state index contributed by atoms with van der Waals surface area (Å²) in [5.74, 6) is 0. The fourth-order valence-electron chi connectivity index (χ4n) is 2.22. The third-order valence-corrected chi connectivity index (χ3v) is 3.12. The minimum Gasteiger partial charge on any atom is -0.394 e. The number of benzene rings is 1. The molecule has 1 aromatic rings. The maximum Gasteiger partial charge on any atom is 0.0626 e. The van der Waals surface area contributed by atoms with Gasteiger partial charge >= 0.3 is 0 Å². The number of piperidine rings is 1. The van der Waals surface area contributed by atoms with Gasteiger partial charge in [0, 0.05) is 12.6 Å². The summed E-state index contributed by atoms with van der Waals surface area (Å²) >= 11 is 0. The van der Waals surface area contributed by atoms with Crippen molar-refractivity contribution in [2.75, 3.05) is 19.7 Å². The molecule has 0 aliphatic carbocycles. The Morgan fingerprint density at radius 1 is 1.35 bits per heavy atom. The van der Waals surface area contributed by atoms with Crippen molar-refractivity contribution in [2.45, 2.75) is 24.9 Å². The van der Waals surface area contributed by atoms with Gasteiger partial charge in [-0.25, -0.2) is 0 Å². The van der Waals surface area contributed by atoms with Crippen molar-refractivity contribution < 1.29 is 5.11 Å². The molecule has 1 saturated heterocycles. The number of hydrogen-bond acceptors (Lipinski definition) is 3. The van der Waals surface area contributed by atoms with E-state index >= 15 is 0 Å². The molecule has 0 amide bonds. The predicted octanol–water partition coefficient (Wildman–Crippen LogP) is 1.48. The third-order valence-electron chi connectivity index (χ3n) is 3.12. The molecule has 96 valence electrons. The molecule has 4 heteroatoms. The van der Waals surface area contributed by atoms with Crippen LogP contribution in [0.5, 0.6) is 0 Å². The highest BCUT2D eigenvalue weighted by atomic mass is 35.5. The molecule has 0 radical (unpaired) electrons. The second kappa shape index (κ2) is 7.67.